The van der Waals surface area contributed by atoms with E-state index in [-0.39, 0.29) is 0 Å². The van der Waals surface area contributed by atoms with E-state index in [9.17, 15) is 0 Å². The first-order valence-corrected chi connectivity index (χ1v) is 7.43. The first-order valence-electron chi connectivity index (χ1n) is 7.43. The van der Waals surface area contributed by atoms with Gasteiger partial charge < -0.3 is 0 Å². The molecule has 0 atom stereocenters. The van der Waals surface area contributed by atoms with E-state index in [1.54, 1.807) is 0 Å². The van der Waals surface area contributed by atoms with Crippen molar-refractivity contribution in [1.29, 1.82) is 0 Å². The maximum absolute atomic E-state index is 4.88. The molecule has 0 amide bonds. The van der Waals surface area contributed by atoms with Crippen LogP contribution in [-0.4, -0.2) is 4.98 Å². The molecule has 0 radical (unpaired) electrons. The summed E-state index contributed by atoms with van der Waals surface area (Å²) in [6, 6.07) is 12.8. The summed E-state index contributed by atoms with van der Waals surface area (Å²) in [6.45, 7) is 10.9. The topological polar surface area (TPSA) is 12.9 Å². The molecular weight excluding hydrogens is 254 g/mol. The van der Waals surface area contributed by atoms with Crippen molar-refractivity contribution in [3.05, 3.63) is 64.2 Å². The summed E-state index contributed by atoms with van der Waals surface area (Å²) in [5.74, 6) is 0. The Hall–Kier alpha value is -2.15. The molecule has 0 unspecified atom stereocenters. The summed E-state index contributed by atoms with van der Waals surface area (Å²) in [7, 11) is 0. The lowest BCUT2D eigenvalue weighted by molar-refractivity contribution is 1.21. The maximum atomic E-state index is 4.88. The molecule has 1 aromatic heterocycles. The number of benzene rings is 2. The summed E-state index contributed by atoms with van der Waals surface area (Å²) in [5, 5.41) is 1.24. The molecule has 1 heteroatoms. The van der Waals surface area contributed by atoms with Crippen LogP contribution in [0.1, 0.15) is 27.8 Å². The average Bonchev–Trinajstić information content (AvgIpc) is 2.49. The molecular formula is C20H21N. The Morgan fingerprint density at radius 2 is 1.43 bits per heavy atom. The fourth-order valence-electron chi connectivity index (χ4n) is 2.97. The van der Waals surface area contributed by atoms with Gasteiger partial charge in [-0.2, -0.15) is 0 Å². The minimum atomic E-state index is 1.07. The Kier molecular flexibility index (Phi) is 3.29. The van der Waals surface area contributed by atoms with E-state index in [0.29, 0.717) is 0 Å². The molecule has 0 aliphatic carbocycles. The lowest BCUT2D eigenvalue weighted by atomic mass is 9.92. The lowest BCUT2D eigenvalue weighted by Gasteiger charge is -2.15. The van der Waals surface area contributed by atoms with Gasteiger partial charge in [0.15, 0.2) is 0 Å². The molecule has 0 aliphatic rings. The summed E-state index contributed by atoms with van der Waals surface area (Å²) in [6.07, 6.45) is 0. The largest absolute Gasteiger partial charge is 0.248 e. The van der Waals surface area contributed by atoms with Gasteiger partial charge in [0, 0.05) is 10.9 Å². The molecule has 3 rings (SSSR count). The summed E-state index contributed by atoms with van der Waals surface area (Å²) < 4.78 is 0. The van der Waals surface area contributed by atoms with Gasteiger partial charge in [0.25, 0.3) is 0 Å². The average molecular weight is 275 g/mol. The molecule has 0 saturated heterocycles. The molecule has 0 N–H and O–H groups in total. The molecule has 1 nitrogen and oxygen atoms in total. The SMILES string of the molecule is Cc1cc(-c2cc(C)c3ccccc3n2)c(C)c(C)c1C. The van der Waals surface area contributed by atoms with Crippen LogP contribution in [0.3, 0.4) is 0 Å². The van der Waals surface area contributed by atoms with Crippen LogP contribution >= 0.6 is 0 Å². The van der Waals surface area contributed by atoms with Gasteiger partial charge in [-0.1, -0.05) is 18.2 Å². The Labute approximate surface area is 126 Å². The summed E-state index contributed by atoms with van der Waals surface area (Å²) in [5.41, 5.74) is 10.1. The van der Waals surface area contributed by atoms with Crippen molar-refractivity contribution in [1.82, 2.24) is 4.98 Å². The second kappa shape index (κ2) is 5.00. The Balaban J connectivity index is 2.31. The van der Waals surface area contributed by atoms with Crippen molar-refractivity contribution in [3.8, 4) is 11.3 Å². The number of rotatable bonds is 1. The van der Waals surface area contributed by atoms with Gasteiger partial charge in [-0.05, 0) is 80.6 Å². The zero-order valence-corrected chi connectivity index (χ0v) is 13.4. The second-order valence-electron chi connectivity index (χ2n) is 5.96. The van der Waals surface area contributed by atoms with Crippen molar-refractivity contribution < 1.29 is 0 Å². The smallest absolute Gasteiger partial charge is 0.0715 e. The van der Waals surface area contributed by atoms with E-state index in [2.05, 4.69) is 71.0 Å². The highest BCUT2D eigenvalue weighted by atomic mass is 14.7. The molecule has 0 saturated carbocycles. The molecule has 0 aliphatic heterocycles. The van der Waals surface area contributed by atoms with Crippen molar-refractivity contribution in [2.45, 2.75) is 34.6 Å². The zero-order chi connectivity index (χ0) is 15.1. The predicted octanol–water partition coefficient (Wildman–Crippen LogP) is 5.44. The third-order valence-corrected chi connectivity index (χ3v) is 4.68. The van der Waals surface area contributed by atoms with Crippen LogP contribution in [0.4, 0.5) is 0 Å². The van der Waals surface area contributed by atoms with Crippen LogP contribution < -0.4 is 0 Å². The number of aromatic nitrogens is 1. The molecule has 21 heavy (non-hydrogen) atoms. The van der Waals surface area contributed by atoms with E-state index in [4.69, 9.17) is 4.98 Å². The van der Waals surface area contributed by atoms with Gasteiger partial charge in [0.1, 0.15) is 0 Å². The van der Waals surface area contributed by atoms with Gasteiger partial charge in [0.05, 0.1) is 11.2 Å². The Bertz CT molecular complexity index is 844. The fraction of sp³-hybridized carbons (Fsp3) is 0.250. The standard InChI is InChI=1S/C20H21N/c1-12-10-18(16(5)15(4)14(12)3)20-11-13(2)17-8-6-7-9-19(17)21-20/h6-11H,1-5H3. The number of hydrogen-bond donors (Lipinski definition) is 0. The molecule has 0 fully saturated rings. The van der Waals surface area contributed by atoms with E-state index in [1.807, 2.05) is 0 Å². The quantitative estimate of drug-likeness (QED) is 0.576. The van der Waals surface area contributed by atoms with Gasteiger partial charge in [-0.3, -0.25) is 0 Å². The molecule has 3 aromatic rings. The number of fused-ring (bicyclic) bond motifs is 1. The van der Waals surface area contributed by atoms with Crippen LogP contribution in [0, 0.1) is 34.6 Å². The first kappa shape index (κ1) is 13.8. The number of pyridine rings is 1. The van der Waals surface area contributed by atoms with Gasteiger partial charge in [-0.25, -0.2) is 4.98 Å². The van der Waals surface area contributed by atoms with Crippen molar-refractivity contribution in [2.75, 3.05) is 0 Å². The van der Waals surface area contributed by atoms with Crippen LogP contribution in [0.15, 0.2) is 36.4 Å². The summed E-state index contributed by atoms with van der Waals surface area (Å²) in [4.78, 5) is 4.88. The van der Waals surface area contributed by atoms with Crippen molar-refractivity contribution >= 4 is 10.9 Å². The van der Waals surface area contributed by atoms with E-state index < -0.39 is 0 Å². The summed E-state index contributed by atoms with van der Waals surface area (Å²) >= 11 is 0. The monoisotopic (exact) mass is 275 g/mol. The van der Waals surface area contributed by atoms with Gasteiger partial charge in [0.2, 0.25) is 0 Å². The highest BCUT2D eigenvalue weighted by molar-refractivity contribution is 5.85. The van der Waals surface area contributed by atoms with Gasteiger partial charge in [-0.15, -0.1) is 0 Å². The fourth-order valence-corrected chi connectivity index (χ4v) is 2.97. The second-order valence-corrected chi connectivity index (χ2v) is 5.96. The third kappa shape index (κ3) is 2.23. The molecule has 0 spiro atoms. The molecule has 0 bridgehead atoms. The highest BCUT2D eigenvalue weighted by Crippen LogP contribution is 2.31. The minimum Gasteiger partial charge on any atom is -0.248 e. The van der Waals surface area contributed by atoms with Gasteiger partial charge >= 0.3 is 0 Å². The minimum absolute atomic E-state index is 1.07. The predicted molar refractivity (Wildman–Crippen MR) is 90.9 cm³/mol. The van der Waals surface area contributed by atoms with E-state index in [0.717, 1.165) is 11.2 Å². The number of para-hydroxylation sites is 1. The third-order valence-electron chi connectivity index (χ3n) is 4.68. The number of hydrogen-bond acceptors (Lipinski definition) is 1. The molecule has 2 aromatic carbocycles. The van der Waals surface area contributed by atoms with Crippen LogP contribution in [-0.2, 0) is 0 Å². The normalized spacial score (nSPS) is 11.1. The Morgan fingerprint density at radius 1 is 0.714 bits per heavy atom. The highest BCUT2D eigenvalue weighted by Gasteiger charge is 2.11. The Morgan fingerprint density at radius 3 is 2.19 bits per heavy atom. The number of nitrogens with zero attached hydrogens (tertiary/aromatic N) is 1. The van der Waals surface area contributed by atoms with Crippen molar-refractivity contribution in [2.24, 2.45) is 0 Å². The number of aryl methyl sites for hydroxylation is 2. The van der Waals surface area contributed by atoms with Crippen LogP contribution in [0.5, 0.6) is 0 Å². The maximum Gasteiger partial charge on any atom is 0.0715 e. The first-order chi connectivity index (χ1) is 9.99. The zero-order valence-electron chi connectivity index (χ0n) is 13.4. The van der Waals surface area contributed by atoms with E-state index >= 15 is 0 Å². The van der Waals surface area contributed by atoms with Crippen LogP contribution in [0.25, 0.3) is 22.2 Å². The lowest BCUT2D eigenvalue weighted by Crippen LogP contribution is -1.97. The molecule has 106 valence electrons. The van der Waals surface area contributed by atoms with Crippen molar-refractivity contribution in [3.63, 3.8) is 0 Å². The van der Waals surface area contributed by atoms with E-state index in [1.165, 1.54) is 38.8 Å². The van der Waals surface area contributed by atoms with Crippen LogP contribution in [0.2, 0.25) is 0 Å². The molecule has 1 heterocycles.